The van der Waals surface area contributed by atoms with E-state index in [1.165, 1.54) is 0 Å². The monoisotopic (exact) mass is 495 g/mol. The van der Waals surface area contributed by atoms with Gasteiger partial charge in [-0.2, -0.15) is 5.26 Å². The standard InChI is InChI=1S/C33H29N5/c1-4-10-31-36-32-22(2)17-25(33-35-28-13-8-9-14-29(28)37(33)3)19-30(32)38(31)21-23-15-16-27(26(18-23)20-34)24-11-6-5-7-12-24/h5-9,11-19H,4,10,21H2,1-3H3. The number of para-hydroxylation sites is 2. The molecule has 2 aromatic heterocycles. The third-order valence-electron chi connectivity index (χ3n) is 7.27. The van der Waals surface area contributed by atoms with Crippen molar-refractivity contribution in [3.8, 4) is 28.6 Å². The number of hydrogen-bond acceptors (Lipinski definition) is 3. The zero-order valence-electron chi connectivity index (χ0n) is 21.9. The Morgan fingerprint density at radius 3 is 2.39 bits per heavy atom. The summed E-state index contributed by atoms with van der Waals surface area (Å²) in [7, 11) is 2.07. The van der Waals surface area contributed by atoms with Crippen LogP contribution in [0, 0.1) is 18.3 Å². The van der Waals surface area contributed by atoms with Gasteiger partial charge in [0.2, 0.25) is 0 Å². The molecular weight excluding hydrogens is 466 g/mol. The molecule has 0 atom stereocenters. The fourth-order valence-electron chi connectivity index (χ4n) is 5.40. The van der Waals surface area contributed by atoms with Gasteiger partial charge < -0.3 is 9.13 Å². The molecule has 5 nitrogen and oxygen atoms in total. The Kier molecular flexibility index (Phi) is 6.01. The second-order valence-electron chi connectivity index (χ2n) is 9.87. The predicted octanol–water partition coefficient (Wildman–Crippen LogP) is 7.44. The molecule has 0 bridgehead atoms. The third-order valence-corrected chi connectivity index (χ3v) is 7.27. The van der Waals surface area contributed by atoms with Gasteiger partial charge in [-0.3, -0.25) is 0 Å². The van der Waals surface area contributed by atoms with Crippen LogP contribution < -0.4 is 0 Å². The Hall–Kier alpha value is -4.69. The maximum atomic E-state index is 9.95. The summed E-state index contributed by atoms with van der Waals surface area (Å²) in [5, 5.41) is 9.95. The first-order valence-corrected chi connectivity index (χ1v) is 13.1. The fraction of sp³-hybridized carbons (Fsp3) is 0.182. The lowest BCUT2D eigenvalue weighted by molar-refractivity contribution is 0.721. The van der Waals surface area contributed by atoms with Crippen LogP contribution in [0.3, 0.4) is 0 Å². The molecule has 0 unspecified atom stereocenters. The summed E-state index contributed by atoms with van der Waals surface area (Å²) in [5.41, 5.74) is 10.2. The minimum absolute atomic E-state index is 0.654. The van der Waals surface area contributed by atoms with E-state index < -0.39 is 0 Å². The van der Waals surface area contributed by atoms with Crippen LogP contribution in [0.2, 0.25) is 0 Å². The molecule has 0 radical (unpaired) electrons. The van der Waals surface area contributed by atoms with Gasteiger partial charge in [0.05, 0.1) is 33.7 Å². The van der Waals surface area contributed by atoms with E-state index in [1.807, 2.05) is 48.5 Å². The minimum Gasteiger partial charge on any atom is -0.327 e. The Bertz CT molecular complexity index is 1830. The first-order chi connectivity index (χ1) is 18.6. The van der Waals surface area contributed by atoms with Crippen molar-refractivity contribution in [2.75, 3.05) is 0 Å². The van der Waals surface area contributed by atoms with E-state index in [-0.39, 0.29) is 0 Å². The molecule has 0 amide bonds. The molecule has 6 aromatic rings. The maximum absolute atomic E-state index is 9.95. The van der Waals surface area contributed by atoms with Crippen LogP contribution in [0.25, 0.3) is 44.6 Å². The van der Waals surface area contributed by atoms with Gasteiger partial charge >= 0.3 is 0 Å². The number of benzene rings is 4. The lowest BCUT2D eigenvalue weighted by atomic mass is 9.98. The van der Waals surface area contributed by atoms with Crippen LogP contribution in [0.4, 0.5) is 0 Å². The molecule has 4 aromatic carbocycles. The first-order valence-electron chi connectivity index (χ1n) is 13.1. The predicted molar refractivity (Wildman–Crippen MR) is 154 cm³/mol. The minimum atomic E-state index is 0.654. The van der Waals surface area contributed by atoms with Gasteiger partial charge in [-0.05, 0) is 65.9 Å². The van der Waals surface area contributed by atoms with E-state index in [0.29, 0.717) is 12.1 Å². The summed E-state index contributed by atoms with van der Waals surface area (Å²) in [6, 6.07) is 31.4. The maximum Gasteiger partial charge on any atom is 0.140 e. The van der Waals surface area contributed by atoms with Gasteiger partial charge in [0.1, 0.15) is 11.6 Å². The molecule has 0 aliphatic carbocycles. The van der Waals surface area contributed by atoms with Crippen molar-refractivity contribution in [2.45, 2.75) is 33.2 Å². The number of fused-ring (bicyclic) bond motifs is 2. The number of nitrogens with zero attached hydrogens (tertiary/aromatic N) is 5. The summed E-state index contributed by atoms with van der Waals surface area (Å²) >= 11 is 0. The molecular formula is C33H29N5. The van der Waals surface area contributed by atoms with Crippen molar-refractivity contribution < 1.29 is 0 Å². The molecule has 5 heteroatoms. The molecule has 0 saturated carbocycles. The number of imidazole rings is 2. The summed E-state index contributed by atoms with van der Waals surface area (Å²) in [6.45, 7) is 4.97. The van der Waals surface area contributed by atoms with Gasteiger partial charge in [0.25, 0.3) is 0 Å². The summed E-state index contributed by atoms with van der Waals surface area (Å²) in [5.74, 6) is 2.01. The van der Waals surface area contributed by atoms with E-state index in [9.17, 15) is 5.26 Å². The van der Waals surface area contributed by atoms with Crippen molar-refractivity contribution in [3.63, 3.8) is 0 Å². The molecule has 0 saturated heterocycles. The third kappa shape index (κ3) is 4.05. The molecule has 6 rings (SSSR count). The smallest absolute Gasteiger partial charge is 0.140 e. The van der Waals surface area contributed by atoms with Crippen LogP contribution in [0.15, 0.2) is 84.9 Å². The molecule has 0 fully saturated rings. The normalized spacial score (nSPS) is 11.3. The number of rotatable bonds is 6. The Morgan fingerprint density at radius 1 is 0.842 bits per heavy atom. The summed E-state index contributed by atoms with van der Waals surface area (Å²) in [4.78, 5) is 10.0. The van der Waals surface area contributed by atoms with E-state index in [4.69, 9.17) is 9.97 Å². The van der Waals surface area contributed by atoms with Crippen molar-refractivity contribution in [2.24, 2.45) is 7.05 Å². The number of hydrogen-bond donors (Lipinski definition) is 0. The molecule has 186 valence electrons. The fourth-order valence-corrected chi connectivity index (χ4v) is 5.40. The Morgan fingerprint density at radius 2 is 1.63 bits per heavy atom. The topological polar surface area (TPSA) is 59.4 Å². The average molecular weight is 496 g/mol. The summed E-state index contributed by atoms with van der Waals surface area (Å²) in [6.07, 6.45) is 1.90. The van der Waals surface area contributed by atoms with E-state index in [0.717, 1.165) is 74.4 Å². The highest BCUT2D eigenvalue weighted by Gasteiger charge is 2.17. The van der Waals surface area contributed by atoms with Crippen molar-refractivity contribution in [1.82, 2.24) is 19.1 Å². The molecule has 0 aliphatic heterocycles. The highest BCUT2D eigenvalue weighted by molar-refractivity contribution is 5.87. The largest absolute Gasteiger partial charge is 0.327 e. The van der Waals surface area contributed by atoms with E-state index >= 15 is 0 Å². The molecule has 0 aliphatic rings. The van der Waals surface area contributed by atoms with E-state index in [1.54, 1.807) is 0 Å². The molecule has 38 heavy (non-hydrogen) atoms. The van der Waals surface area contributed by atoms with Crippen LogP contribution in [0.1, 0.15) is 35.9 Å². The van der Waals surface area contributed by atoms with Gasteiger partial charge in [0.15, 0.2) is 0 Å². The SMILES string of the molecule is CCCc1nc2c(C)cc(-c3nc4ccccc4n3C)cc2n1Cc1ccc(-c2ccccc2)c(C#N)c1. The Balaban J connectivity index is 1.47. The van der Waals surface area contributed by atoms with E-state index in [2.05, 4.69) is 72.5 Å². The van der Waals surface area contributed by atoms with Crippen molar-refractivity contribution in [3.05, 3.63) is 107 Å². The average Bonchev–Trinajstić information content (AvgIpc) is 3.47. The van der Waals surface area contributed by atoms with Gasteiger partial charge in [-0.1, -0.05) is 61.5 Å². The van der Waals surface area contributed by atoms with Gasteiger partial charge in [0, 0.05) is 25.6 Å². The van der Waals surface area contributed by atoms with Gasteiger partial charge in [-0.15, -0.1) is 0 Å². The van der Waals surface area contributed by atoms with Crippen molar-refractivity contribution in [1.29, 1.82) is 5.26 Å². The van der Waals surface area contributed by atoms with Crippen LogP contribution >= 0.6 is 0 Å². The van der Waals surface area contributed by atoms with Crippen molar-refractivity contribution >= 4 is 22.1 Å². The lowest BCUT2D eigenvalue weighted by Crippen LogP contribution is -2.06. The number of aromatic nitrogens is 4. The first kappa shape index (κ1) is 23.7. The van der Waals surface area contributed by atoms with Crippen LogP contribution in [-0.2, 0) is 20.0 Å². The zero-order valence-corrected chi connectivity index (χ0v) is 21.9. The molecule has 0 spiro atoms. The molecule has 0 N–H and O–H groups in total. The molecule has 2 heterocycles. The second kappa shape index (κ2) is 9.64. The number of aryl methyl sites for hydroxylation is 3. The highest BCUT2D eigenvalue weighted by Crippen LogP contribution is 2.31. The Labute approximate surface area is 222 Å². The zero-order chi connectivity index (χ0) is 26.2. The highest BCUT2D eigenvalue weighted by atomic mass is 15.1. The number of nitriles is 1. The van der Waals surface area contributed by atoms with Gasteiger partial charge in [-0.25, -0.2) is 9.97 Å². The quantitative estimate of drug-likeness (QED) is 0.241. The summed E-state index contributed by atoms with van der Waals surface area (Å²) < 4.78 is 4.47. The van der Waals surface area contributed by atoms with Crippen LogP contribution in [0.5, 0.6) is 0 Å². The second-order valence-corrected chi connectivity index (χ2v) is 9.87. The lowest BCUT2D eigenvalue weighted by Gasteiger charge is -2.12. The van der Waals surface area contributed by atoms with Crippen LogP contribution in [-0.4, -0.2) is 19.1 Å².